The van der Waals surface area contributed by atoms with E-state index in [0.29, 0.717) is 11.3 Å². The van der Waals surface area contributed by atoms with Gasteiger partial charge in [0.05, 0.1) is 12.5 Å². The lowest BCUT2D eigenvalue weighted by atomic mass is 10.1. The van der Waals surface area contributed by atoms with Crippen molar-refractivity contribution in [3.63, 3.8) is 0 Å². The third-order valence-corrected chi connectivity index (χ3v) is 4.51. The summed E-state index contributed by atoms with van der Waals surface area (Å²) >= 11 is 0. The highest BCUT2D eigenvalue weighted by Crippen LogP contribution is 2.21. The second kappa shape index (κ2) is 8.40. The van der Waals surface area contributed by atoms with Crippen LogP contribution in [0, 0.1) is 25.2 Å². The Hall–Kier alpha value is -3.59. The molecule has 1 amide bonds. The molecular weight excluding hydrogens is 356 g/mol. The fourth-order valence-corrected chi connectivity index (χ4v) is 2.81. The molecule has 0 unspecified atom stereocenters. The van der Waals surface area contributed by atoms with Crippen molar-refractivity contribution in [1.82, 2.24) is 0 Å². The summed E-state index contributed by atoms with van der Waals surface area (Å²) in [6.45, 7) is 4.07. The van der Waals surface area contributed by atoms with Gasteiger partial charge in [0, 0.05) is 29.8 Å². The number of nitriles is 1. The minimum Gasteiger partial charge on any atom is -0.484 e. The third kappa shape index (κ3) is 4.38. The lowest BCUT2D eigenvalue weighted by Gasteiger charge is -2.23. The highest BCUT2D eigenvalue weighted by Gasteiger charge is 2.17. The van der Waals surface area contributed by atoms with Crippen molar-refractivity contribution in [2.24, 2.45) is 0 Å². The SMILES string of the molecule is Cc1ccc(N(CCC#N)C(=O)COc2ccc3ccc(=O)oc3c2)cc1C. The van der Waals surface area contributed by atoms with Crippen LogP contribution in [0.3, 0.4) is 0 Å². The molecule has 2 aromatic carbocycles. The van der Waals surface area contributed by atoms with Gasteiger partial charge < -0.3 is 14.1 Å². The maximum Gasteiger partial charge on any atom is 0.336 e. The van der Waals surface area contributed by atoms with Gasteiger partial charge in [0.25, 0.3) is 5.91 Å². The van der Waals surface area contributed by atoms with Crippen molar-refractivity contribution in [2.75, 3.05) is 18.1 Å². The number of fused-ring (bicyclic) bond motifs is 1. The van der Waals surface area contributed by atoms with Crippen LogP contribution in [0.5, 0.6) is 5.75 Å². The molecule has 3 rings (SSSR count). The summed E-state index contributed by atoms with van der Waals surface area (Å²) < 4.78 is 10.8. The van der Waals surface area contributed by atoms with Crippen LogP contribution in [0.2, 0.25) is 0 Å². The Kier molecular flexibility index (Phi) is 5.75. The molecule has 0 atom stereocenters. The smallest absolute Gasteiger partial charge is 0.336 e. The zero-order valence-electron chi connectivity index (χ0n) is 15.8. The number of ether oxygens (including phenoxy) is 1. The molecule has 0 spiro atoms. The molecule has 0 bridgehead atoms. The first-order valence-corrected chi connectivity index (χ1v) is 8.89. The van der Waals surface area contributed by atoms with E-state index in [1.165, 1.54) is 6.07 Å². The number of rotatable bonds is 6. The van der Waals surface area contributed by atoms with E-state index in [1.807, 2.05) is 32.0 Å². The van der Waals surface area contributed by atoms with Crippen molar-refractivity contribution in [3.05, 3.63) is 70.1 Å². The maximum atomic E-state index is 12.8. The van der Waals surface area contributed by atoms with Crippen LogP contribution < -0.4 is 15.3 Å². The Morgan fingerprint density at radius 3 is 2.64 bits per heavy atom. The van der Waals surface area contributed by atoms with Gasteiger partial charge in [-0.25, -0.2) is 4.79 Å². The molecule has 0 aliphatic carbocycles. The monoisotopic (exact) mass is 376 g/mol. The van der Waals surface area contributed by atoms with Gasteiger partial charge in [-0.15, -0.1) is 0 Å². The van der Waals surface area contributed by atoms with Gasteiger partial charge in [0.2, 0.25) is 0 Å². The van der Waals surface area contributed by atoms with Gasteiger partial charge in [-0.2, -0.15) is 5.26 Å². The Morgan fingerprint density at radius 2 is 1.89 bits per heavy atom. The number of aryl methyl sites for hydroxylation is 2. The minimum absolute atomic E-state index is 0.194. The van der Waals surface area contributed by atoms with Crippen molar-refractivity contribution in [2.45, 2.75) is 20.3 Å². The van der Waals surface area contributed by atoms with Gasteiger partial charge in [-0.1, -0.05) is 6.07 Å². The second-order valence-electron chi connectivity index (χ2n) is 6.46. The van der Waals surface area contributed by atoms with Gasteiger partial charge in [-0.05, 0) is 55.3 Å². The van der Waals surface area contributed by atoms with E-state index in [4.69, 9.17) is 14.4 Å². The molecule has 0 N–H and O–H groups in total. The van der Waals surface area contributed by atoms with E-state index in [1.54, 1.807) is 29.2 Å². The molecule has 142 valence electrons. The standard InChI is InChI=1S/C22H20N2O4/c1-15-4-7-18(12-16(15)2)24(11-3-10-23)21(25)14-27-19-8-5-17-6-9-22(26)28-20(17)13-19/h4-9,12-13H,3,11,14H2,1-2H3. The molecule has 0 radical (unpaired) electrons. The lowest BCUT2D eigenvalue weighted by molar-refractivity contribution is -0.120. The zero-order chi connectivity index (χ0) is 20.1. The van der Waals surface area contributed by atoms with Gasteiger partial charge in [0.15, 0.2) is 6.61 Å². The van der Waals surface area contributed by atoms with E-state index < -0.39 is 5.63 Å². The number of carbonyl (C=O) groups excluding carboxylic acids is 1. The van der Waals surface area contributed by atoms with Crippen LogP contribution in [0.4, 0.5) is 5.69 Å². The molecule has 0 aliphatic rings. The minimum atomic E-state index is -0.446. The molecule has 0 fully saturated rings. The summed E-state index contributed by atoms with van der Waals surface area (Å²) in [5.41, 5.74) is 2.88. The van der Waals surface area contributed by atoms with E-state index in [9.17, 15) is 9.59 Å². The average Bonchev–Trinajstić information content (AvgIpc) is 2.68. The van der Waals surface area contributed by atoms with Crippen molar-refractivity contribution in [3.8, 4) is 11.8 Å². The van der Waals surface area contributed by atoms with Crippen LogP contribution in [-0.4, -0.2) is 19.1 Å². The van der Waals surface area contributed by atoms with Crippen LogP contribution in [0.15, 0.2) is 57.7 Å². The summed E-state index contributed by atoms with van der Waals surface area (Å²) in [6.07, 6.45) is 0.222. The van der Waals surface area contributed by atoms with Gasteiger partial charge in [-0.3, -0.25) is 4.79 Å². The Bertz CT molecular complexity index is 1110. The fraction of sp³-hybridized carbons (Fsp3) is 0.227. The second-order valence-corrected chi connectivity index (χ2v) is 6.46. The van der Waals surface area contributed by atoms with Gasteiger partial charge in [0.1, 0.15) is 11.3 Å². The summed E-state index contributed by atoms with van der Waals surface area (Å²) in [5.74, 6) is 0.170. The summed E-state index contributed by atoms with van der Waals surface area (Å²) in [5, 5.41) is 9.69. The molecular formula is C22H20N2O4. The molecule has 1 heterocycles. The fourth-order valence-electron chi connectivity index (χ4n) is 2.81. The average molecular weight is 376 g/mol. The highest BCUT2D eigenvalue weighted by molar-refractivity contribution is 5.94. The number of hydrogen-bond acceptors (Lipinski definition) is 5. The normalized spacial score (nSPS) is 10.5. The van der Waals surface area contributed by atoms with Crippen LogP contribution in [0.25, 0.3) is 11.0 Å². The number of carbonyl (C=O) groups is 1. The van der Waals surface area contributed by atoms with Crippen LogP contribution >= 0.6 is 0 Å². The zero-order valence-corrected chi connectivity index (χ0v) is 15.8. The Balaban J connectivity index is 1.77. The molecule has 0 aliphatic heterocycles. The molecule has 3 aromatic rings. The first kappa shape index (κ1) is 19.2. The van der Waals surface area contributed by atoms with Crippen molar-refractivity contribution in [1.29, 1.82) is 5.26 Å². The molecule has 6 nitrogen and oxygen atoms in total. The first-order valence-electron chi connectivity index (χ1n) is 8.89. The number of anilines is 1. The third-order valence-electron chi connectivity index (χ3n) is 4.51. The summed E-state index contributed by atoms with van der Waals surface area (Å²) in [4.78, 5) is 25.7. The van der Waals surface area contributed by atoms with Crippen LogP contribution in [-0.2, 0) is 4.79 Å². The highest BCUT2D eigenvalue weighted by atomic mass is 16.5. The molecule has 1 aromatic heterocycles. The number of amides is 1. The van der Waals surface area contributed by atoms with E-state index in [0.717, 1.165) is 22.2 Å². The molecule has 6 heteroatoms. The first-order chi connectivity index (χ1) is 13.5. The Labute approximate surface area is 162 Å². The summed E-state index contributed by atoms with van der Waals surface area (Å²) in [7, 11) is 0. The molecule has 0 saturated heterocycles. The van der Waals surface area contributed by atoms with Gasteiger partial charge >= 0.3 is 5.63 Å². The van der Waals surface area contributed by atoms with Crippen LogP contribution in [0.1, 0.15) is 17.5 Å². The quantitative estimate of drug-likeness (QED) is 0.612. The van der Waals surface area contributed by atoms with Crippen molar-refractivity contribution >= 4 is 22.6 Å². The Morgan fingerprint density at radius 1 is 1.11 bits per heavy atom. The van der Waals surface area contributed by atoms with E-state index >= 15 is 0 Å². The predicted molar refractivity (Wildman–Crippen MR) is 106 cm³/mol. The summed E-state index contributed by atoms with van der Waals surface area (Å²) in [6, 6.07) is 15.9. The topological polar surface area (TPSA) is 83.5 Å². The molecule has 28 heavy (non-hydrogen) atoms. The number of hydrogen-bond donors (Lipinski definition) is 0. The van der Waals surface area contributed by atoms with E-state index in [2.05, 4.69) is 6.07 Å². The molecule has 0 saturated carbocycles. The number of benzene rings is 2. The largest absolute Gasteiger partial charge is 0.484 e. The number of nitrogens with zero attached hydrogens (tertiary/aromatic N) is 2. The predicted octanol–water partition coefficient (Wildman–Crippen LogP) is 3.74. The van der Waals surface area contributed by atoms with Crippen molar-refractivity contribution < 1.29 is 13.9 Å². The lowest BCUT2D eigenvalue weighted by Crippen LogP contribution is -2.35. The van der Waals surface area contributed by atoms with E-state index in [-0.39, 0.29) is 25.5 Å². The maximum absolute atomic E-state index is 12.8.